The highest BCUT2D eigenvalue weighted by atomic mass is 14.9. The Labute approximate surface area is 279 Å². The molecule has 4 aromatic carbocycles. The van der Waals surface area contributed by atoms with E-state index in [0.717, 1.165) is 73.2 Å². The third kappa shape index (κ3) is 6.13. The Morgan fingerprint density at radius 2 is 0.729 bits per heavy atom. The van der Waals surface area contributed by atoms with E-state index in [-0.39, 0.29) is 0 Å². The molecule has 0 aliphatic carbocycles. The number of hydrogen-bond acceptors (Lipinski definition) is 5. The Kier molecular flexibility index (Phi) is 7.83. The van der Waals surface area contributed by atoms with Crippen molar-refractivity contribution in [1.29, 1.82) is 0 Å². The van der Waals surface area contributed by atoms with Gasteiger partial charge in [0, 0.05) is 28.5 Å². The molecule has 4 heterocycles. The molecule has 0 N–H and O–H groups in total. The molecule has 0 spiro atoms. The van der Waals surface area contributed by atoms with Gasteiger partial charge in [0.15, 0.2) is 5.82 Å². The van der Waals surface area contributed by atoms with Crippen LogP contribution in [-0.2, 0) is 0 Å². The quantitative estimate of drug-likeness (QED) is 0.178. The van der Waals surface area contributed by atoms with Gasteiger partial charge in [-0.1, -0.05) is 127 Å². The van der Waals surface area contributed by atoms with E-state index in [1.54, 1.807) is 0 Å². The first-order valence-electron chi connectivity index (χ1n) is 15.8. The summed E-state index contributed by atoms with van der Waals surface area (Å²) in [6.07, 6.45) is 1.83. The molecule has 0 atom stereocenters. The fraction of sp³-hybridized carbons (Fsp3) is 0. The summed E-state index contributed by atoms with van der Waals surface area (Å²) in [5.41, 5.74) is 11.8. The van der Waals surface area contributed by atoms with Crippen LogP contribution in [0.4, 0.5) is 0 Å². The molecule has 5 nitrogen and oxygen atoms in total. The van der Waals surface area contributed by atoms with E-state index in [0.29, 0.717) is 5.82 Å². The van der Waals surface area contributed by atoms with Gasteiger partial charge in [-0.15, -0.1) is 0 Å². The zero-order valence-corrected chi connectivity index (χ0v) is 26.0. The second-order valence-electron chi connectivity index (χ2n) is 11.4. The molecule has 8 rings (SSSR count). The fourth-order valence-corrected chi connectivity index (χ4v) is 5.70. The maximum absolute atomic E-state index is 5.09. The SMILES string of the molecule is c1ccc(-c2cc(-c3ccc(-c4nc(-c5ccccc5)cc(-c5ccccc5)n4)cn3)nc(-c3cccc(-c4ccccc4)n3)c2)cc1. The van der Waals surface area contributed by atoms with Crippen LogP contribution < -0.4 is 0 Å². The van der Waals surface area contributed by atoms with Crippen molar-refractivity contribution in [3.63, 3.8) is 0 Å². The standard InChI is InChI=1S/C43H29N5/c1-5-14-30(15-6-1)35-26-41(46-42(27-35)38-23-13-22-36(45-38)31-16-7-2-8-17-31)37-25-24-34(29-44-37)43-47-39(32-18-9-3-10-19-32)28-40(48-43)33-20-11-4-12-21-33/h1-29H. The zero-order chi connectivity index (χ0) is 32.1. The average Bonchev–Trinajstić information content (AvgIpc) is 3.19. The average molecular weight is 616 g/mol. The van der Waals surface area contributed by atoms with Gasteiger partial charge >= 0.3 is 0 Å². The summed E-state index contributed by atoms with van der Waals surface area (Å²) in [4.78, 5) is 24.9. The van der Waals surface area contributed by atoms with Crippen molar-refractivity contribution in [3.05, 3.63) is 176 Å². The molecule has 0 saturated carbocycles. The number of aromatic nitrogens is 5. The highest BCUT2D eigenvalue weighted by Crippen LogP contribution is 2.32. The summed E-state index contributed by atoms with van der Waals surface area (Å²) in [7, 11) is 0. The van der Waals surface area contributed by atoms with Crippen LogP contribution in [-0.4, -0.2) is 24.9 Å². The Morgan fingerprint density at radius 3 is 1.27 bits per heavy atom. The van der Waals surface area contributed by atoms with Crippen molar-refractivity contribution in [3.8, 4) is 79.1 Å². The van der Waals surface area contributed by atoms with E-state index in [1.807, 2.05) is 115 Å². The van der Waals surface area contributed by atoms with E-state index in [1.165, 1.54) is 0 Å². The molecule has 226 valence electrons. The van der Waals surface area contributed by atoms with Gasteiger partial charge in [-0.25, -0.2) is 19.9 Å². The monoisotopic (exact) mass is 615 g/mol. The normalized spacial score (nSPS) is 10.9. The molecule has 0 fully saturated rings. The van der Waals surface area contributed by atoms with Crippen molar-refractivity contribution in [2.24, 2.45) is 0 Å². The number of pyridine rings is 3. The van der Waals surface area contributed by atoms with Crippen molar-refractivity contribution in [2.45, 2.75) is 0 Å². The van der Waals surface area contributed by atoms with E-state index in [9.17, 15) is 0 Å². The van der Waals surface area contributed by atoms with Crippen LogP contribution in [0.15, 0.2) is 176 Å². The molecule has 0 radical (unpaired) electrons. The number of hydrogen-bond donors (Lipinski definition) is 0. The topological polar surface area (TPSA) is 64.5 Å². The maximum atomic E-state index is 5.09. The highest BCUT2D eigenvalue weighted by Gasteiger charge is 2.14. The fourth-order valence-electron chi connectivity index (χ4n) is 5.70. The molecule has 0 aliphatic rings. The van der Waals surface area contributed by atoms with Crippen molar-refractivity contribution in [2.75, 3.05) is 0 Å². The number of nitrogens with zero attached hydrogens (tertiary/aromatic N) is 5. The Hall–Kier alpha value is -6.59. The molecule has 0 aliphatic heterocycles. The minimum atomic E-state index is 0.614. The predicted molar refractivity (Wildman–Crippen MR) is 193 cm³/mol. The maximum Gasteiger partial charge on any atom is 0.161 e. The molecular formula is C43H29N5. The molecule has 0 bridgehead atoms. The Morgan fingerprint density at radius 1 is 0.250 bits per heavy atom. The van der Waals surface area contributed by atoms with E-state index >= 15 is 0 Å². The predicted octanol–water partition coefficient (Wildman–Crippen LogP) is 10.3. The van der Waals surface area contributed by atoms with E-state index in [4.69, 9.17) is 24.9 Å². The van der Waals surface area contributed by atoms with Gasteiger partial charge in [0.2, 0.25) is 0 Å². The third-order valence-corrected chi connectivity index (χ3v) is 8.16. The van der Waals surface area contributed by atoms with Crippen LogP contribution >= 0.6 is 0 Å². The number of benzene rings is 4. The molecule has 0 unspecified atom stereocenters. The lowest BCUT2D eigenvalue weighted by Crippen LogP contribution is -1.97. The van der Waals surface area contributed by atoms with Crippen molar-refractivity contribution >= 4 is 0 Å². The van der Waals surface area contributed by atoms with Gasteiger partial charge in [0.05, 0.1) is 39.9 Å². The number of rotatable bonds is 7. The summed E-state index contributed by atoms with van der Waals surface area (Å²) in [6, 6.07) is 57.2. The lowest BCUT2D eigenvalue weighted by atomic mass is 10.0. The second kappa shape index (κ2) is 13.0. The minimum Gasteiger partial charge on any atom is -0.254 e. The van der Waals surface area contributed by atoms with Crippen LogP contribution in [0.3, 0.4) is 0 Å². The van der Waals surface area contributed by atoms with Crippen molar-refractivity contribution in [1.82, 2.24) is 24.9 Å². The first-order chi connectivity index (χ1) is 23.8. The van der Waals surface area contributed by atoms with Crippen LogP contribution in [0.2, 0.25) is 0 Å². The lowest BCUT2D eigenvalue weighted by molar-refractivity contribution is 1.17. The van der Waals surface area contributed by atoms with Gasteiger partial charge < -0.3 is 0 Å². The summed E-state index contributed by atoms with van der Waals surface area (Å²) in [6.45, 7) is 0. The minimum absolute atomic E-state index is 0.614. The van der Waals surface area contributed by atoms with Crippen LogP contribution in [0.25, 0.3) is 79.1 Å². The first-order valence-corrected chi connectivity index (χ1v) is 15.8. The van der Waals surface area contributed by atoms with Crippen LogP contribution in [0.5, 0.6) is 0 Å². The van der Waals surface area contributed by atoms with Crippen LogP contribution in [0.1, 0.15) is 0 Å². The molecule has 0 amide bonds. The van der Waals surface area contributed by atoms with Gasteiger partial charge in [0.1, 0.15) is 0 Å². The lowest BCUT2D eigenvalue weighted by Gasteiger charge is -2.11. The highest BCUT2D eigenvalue weighted by molar-refractivity contribution is 5.77. The van der Waals surface area contributed by atoms with Gasteiger partial charge in [0.25, 0.3) is 0 Å². The first kappa shape index (κ1) is 28.9. The largest absolute Gasteiger partial charge is 0.254 e. The third-order valence-electron chi connectivity index (χ3n) is 8.16. The summed E-state index contributed by atoms with van der Waals surface area (Å²) in [5.74, 6) is 0.614. The summed E-state index contributed by atoms with van der Waals surface area (Å²) < 4.78 is 0. The summed E-state index contributed by atoms with van der Waals surface area (Å²) in [5, 5.41) is 0. The van der Waals surface area contributed by atoms with E-state index < -0.39 is 0 Å². The van der Waals surface area contributed by atoms with E-state index in [2.05, 4.69) is 60.7 Å². The molecule has 8 aromatic rings. The van der Waals surface area contributed by atoms with Gasteiger partial charge in [-0.05, 0) is 53.6 Å². The molecule has 48 heavy (non-hydrogen) atoms. The molecule has 4 aromatic heterocycles. The molecular weight excluding hydrogens is 587 g/mol. The summed E-state index contributed by atoms with van der Waals surface area (Å²) >= 11 is 0. The Bertz CT molecular complexity index is 2250. The zero-order valence-electron chi connectivity index (χ0n) is 26.0. The molecule has 0 saturated heterocycles. The van der Waals surface area contributed by atoms with Crippen molar-refractivity contribution < 1.29 is 0 Å². The second-order valence-corrected chi connectivity index (χ2v) is 11.4. The van der Waals surface area contributed by atoms with Gasteiger partial charge in [-0.3, -0.25) is 4.98 Å². The Balaban J connectivity index is 1.20. The molecule has 5 heteroatoms. The van der Waals surface area contributed by atoms with Crippen LogP contribution in [0, 0.1) is 0 Å². The van der Waals surface area contributed by atoms with Gasteiger partial charge in [-0.2, -0.15) is 0 Å². The smallest absolute Gasteiger partial charge is 0.161 e.